The average Bonchev–Trinajstić information content (AvgIpc) is 3.11. The van der Waals surface area contributed by atoms with Crippen molar-refractivity contribution in [2.75, 3.05) is 18.1 Å². The second-order valence-electron chi connectivity index (χ2n) is 9.60. The van der Waals surface area contributed by atoms with Crippen LogP contribution in [-0.4, -0.2) is 43.5 Å². The van der Waals surface area contributed by atoms with Crippen molar-refractivity contribution in [2.45, 2.75) is 57.7 Å². The molecule has 1 N–H and O–H groups in total. The van der Waals surface area contributed by atoms with Gasteiger partial charge in [-0.3, -0.25) is 4.90 Å². The third-order valence-electron chi connectivity index (χ3n) is 6.09. The van der Waals surface area contributed by atoms with Gasteiger partial charge in [-0.2, -0.15) is 13.2 Å². The summed E-state index contributed by atoms with van der Waals surface area (Å²) in [7, 11) is -1.96. The number of urea groups is 1. The van der Waals surface area contributed by atoms with Crippen LogP contribution < -0.4 is 15.0 Å². The molecule has 1 aromatic carbocycles. The predicted molar refractivity (Wildman–Crippen MR) is 126 cm³/mol. The van der Waals surface area contributed by atoms with Gasteiger partial charge in [-0.15, -0.1) is 0 Å². The number of halogens is 4. The van der Waals surface area contributed by atoms with Gasteiger partial charge in [0, 0.05) is 10.6 Å². The molecule has 34 heavy (non-hydrogen) atoms. The van der Waals surface area contributed by atoms with E-state index in [1.807, 2.05) is 0 Å². The number of hydrogen-bond donors (Lipinski definition) is 1. The molecule has 1 fully saturated rings. The number of benzene rings is 1. The lowest BCUT2D eigenvalue weighted by Crippen LogP contribution is -2.44. The summed E-state index contributed by atoms with van der Waals surface area (Å²) in [4.78, 5) is 22.1. The van der Waals surface area contributed by atoms with Crippen LogP contribution in [0.5, 0.6) is 5.75 Å². The van der Waals surface area contributed by atoms with E-state index in [2.05, 4.69) is 49.1 Å². The Labute approximate surface area is 202 Å². The summed E-state index contributed by atoms with van der Waals surface area (Å²) in [5.41, 5.74) is -1.04. The first kappa shape index (κ1) is 26.2. The number of hydrogen-bond acceptors (Lipinski definition) is 5. The number of alkyl halides is 3. The Hall–Kier alpha value is -2.37. The highest BCUT2D eigenvalue weighted by atomic mass is 35.5. The molecule has 2 amide bonds. The molecule has 0 spiro atoms. The first-order valence-corrected chi connectivity index (χ1v) is 14.0. The summed E-state index contributed by atoms with van der Waals surface area (Å²) in [5, 5.41) is 2.87. The fraction of sp³-hybridized carbons (Fsp3) is 0.500. The predicted octanol–water partition coefficient (Wildman–Crippen LogP) is 5.65. The van der Waals surface area contributed by atoms with Crippen LogP contribution in [0, 0.1) is 0 Å². The minimum atomic E-state index is -4.56. The summed E-state index contributed by atoms with van der Waals surface area (Å²) >= 11 is 5.95. The maximum atomic E-state index is 13.2. The molecular weight excluding hydrogens is 489 g/mol. The Kier molecular flexibility index (Phi) is 7.49. The van der Waals surface area contributed by atoms with Crippen molar-refractivity contribution in [3.63, 3.8) is 0 Å². The van der Waals surface area contributed by atoms with Crippen LogP contribution >= 0.6 is 11.6 Å². The smallest absolute Gasteiger partial charge is 0.416 e. The van der Waals surface area contributed by atoms with Gasteiger partial charge in [-0.1, -0.05) is 38.4 Å². The fourth-order valence-electron chi connectivity index (χ4n) is 3.04. The van der Waals surface area contributed by atoms with E-state index in [0.29, 0.717) is 13.2 Å². The number of carbonyl (C=O) groups excluding carboxylic acids is 1. The van der Waals surface area contributed by atoms with Gasteiger partial charge < -0.3 is 14.5 Å². The Bertz CT molecular complexity index is 1030. The molecule has 1 aromatic heterocycles. The topological polar surface area (TPSA) is 76.6 Å². The number of ether oxygens (including phenoxy) is 1. The van der Waals surface area contributed by atoms with Crippen molar-refractivity contribution < 1.29 is 27.1 Å². The normalized spacial score (nSPS) is 17.1. The molecule has 2 aromatic rings. The van der Waals surface area contributed by atoms with E-state index in [4.69, 9.17) is 20.8 Å². The molecule has 186 valence electrons. The highest BCUT2D eigenvalue weighted by Crippen LogP contribution is 2.37. The van der Waals surface area contributed by atoms with Crippen LogP contribution in [0.2, 0.25) is 23.2 Å². The Morgan fingerprint density at radius 2 is 1.85 bits per heavy atom. The van der Waals surface area contributed by atoms with E-state index < -0.39 is 26.7 Å². The number of nitrogens with zero attached hydrogens (tertiary/aromatic N) is 3. The van der Waals surface area contributed by atoms with E-state index in [-0.39, 0.29) is 39.4 Å². The van der Waals surface area contributed by atoms with Crippen molar-refractivity contribution in [3.05, 3.63) is 46.7 Å². The van der Waals surface area contributed by atoms with Crippen LogP contribution in [0.25, 0.3) is 0 Å². The molecule has 1 aliphatic rings. The maximum absolute atomic E-state index is 13.2. The van der Waals surface area contributed by atoms with Gasteiger partial charge in [0.1, 0.15) is 6.61 Å². The highest BCUT2D eigenvalue weighted by molar-refractivity contribution is 6.74. The minimum absolute atomic E-state index is 0.0490. The van der Waals surface area contributed by atoms with Crippen LogP contribution in [0.3, 0.4) is 0 Å². The Morgan fingerprint density at radius 1 is 1.21 bits per heavy atom. The first-order chi connectivity index (χ1) is 15.7. The first-order valence-electron chi connectivity index (χ1n) is 10.7. The van der Waals surface area contributed by atoms with Gasteiger partial charge in [-0.25, -0.2) is 14.8 Å². The Balaban J connectivity index is 1.62. The second-order valence-corrected chi connectivity index (χ2v) is 14.8. The molecule has 0 saturated carbocycles. The van der Waals surface area contributed by atoms with Gasteiger partial charge in [0.15, 0.2) is 14.1 Å². The molecule has 0 bridgehead atoms. The van der Waals surface area contributed by atoms with Gasteiger partial charge in [0.2, 0.25) is 5.95 Å². The third-order valence-corrected chi connectivity index (χ3v) is 10.9. The average molecular weight is 517 g/mol. The van der Waals surface area contributed by atoms with Crippen LogP contribution in [0.15, 0.2) is 30.6 Å². The molecule has 1 atom stereocenters. The van der Waals surface area contributed by atoms with Gasteiger partial charge in [0.25, 0.3) is 0 Å². The molecule has 7 nitrogen and oxygen atoms in total. The maximum Gasteiger partial charge on any atom is 0.416 e. The molecule has 0 aliphatic carbocycles. The van der Waals surface area contributed by atoms with Crippen molar-refractivity contribution in [1.82, 2.24) is 15.3 Å². The van der Waals surface area contributed by atoms with Crippen molar-refractivity contribution in [1.29, 1.82) is 0 Å². The number of aromatic nitrogens is 2. The molecule has 1 saturated heterocycles. The number of anilines is 1. The zero-order chi connectivity index (χ0) is 25.3. The lowest BCUT2D eigenvalue weighted by atomic mass is 10.1. The van der Waals surface area contributed by atoms with Crippen molar-refractivity contribution in [3.8, 4) is 5.75 Å². The molecule has 0 radical (unpaired) electrons. The summed E-state index contributed by atoms with van der Waals surface area (Å²) in [6.07, 6.45) is -1.95. The molecule has 0 unspecified atom stereocenters. The number of nitrogens with one attached hydrogen (secondary N) is 1. The molecule has 3 rings (SSSR count). The van der Waals surface area contributed by atoms with Crippen molar-refractivity contribution in [2.24, 2.45) is 0 Å². The zero-order valence-corrected chi connectivity index (χ0v) is 21.4. The summed E-state index contributed by atoms with van der Waals surface area (Å²) in [6, 6.07) is 3.00. The summed E-state index contributed by atoms with van der Waals surface area (Å²) in [6.45, 7) is 11.0. The largest absolute Gasteiger partial charge is 0.486 e. The van der Waals surface area contributed by atoms with E-state index >= 15 is 0 Å². The van der Waals surface area contributed by atoms with E-state index in [1.165, 1.54) is 29.4 Å². The second kappa shape index (κ2) is 9.71. The van der Waals surface area contributed by atoms with E-state index in [1.54, 1.807) is 0 Å². The molecule has 12 heteroatoms. The fourth-order valence-corrected chi connectivity index (χ4v) is 4.32. The molecule has 1 aliphatic heterocycles. The lowest BCUT2D eigenvalue weighted by Gasteiger charge is -2.36. The number of rotatable bonds is 7. The summed E-state index contributed by atoms with van der Waals surface area (Å²) in [5.74, 6) is 0.308. The SMILES string of the molecule is CC(C)(C)[Si](C)(C)OC[C@H]1CN(c2ncc(OCc3c(Cl)cccc3C(F)(F)F)cn2)C(=O)N1. The third kappa shape index (κ3) is 6.00. The highest BCUT2D eigenvalue weighted by Gasteiger charge is 2.39. The quantitative estimate of drug-likeness (QED) is 0.481. The van der Waals surface area contributed by atoms with E-state index in [9.17, 15) is 18.0 Å². The van der Waals surface area contributed by atoms with Crippen LogP contribution in [-0.2, 0) is 17.2 Å². The van der Waals surface area contributed by atoms with Crippen LogP contribution in [0.4, 0.5) is 23.9 Å². The molecule has 2 heterocycles. The zero-order valence-electron chi connectivity index (χ0n) is 19.7. The summed E-state index contributed by atoms with van der Waals surface area (Å²) < 4.78 is 51.3. The monoisotopic (exact) mass is 516 g/mol. The van der Waals surface area contributed by atoms with Gasteiger partial charge in [0.05, 0.1) is 37.2 Å². The number of carbonyl (C=O) groups is 1. The van der Waals surface area contributed by atoms with Gasteiger partial charge >= 0.3 is 12.2 Å². The minimum Gasteiger partial charge on any atom is -0.486 e. The molecular formula is C22H28ClF3N4O3Si. The van der Waals surface area contributed by atoms with E-state index in [0.717, 1.165) is 6.07 Å². The van der Waals surface area contributed by atoms with Crippen molar-refractivity contribution >= 4 is 31.9 Å². The van der Waals surface area contributed by atoms with Gasteiger partial charge in [-0.05, 0) is 30.3 Å². The standard InChI is InChI=1S/C22H28ClF3N4O3Si/c1-21(2,3)34(4,5)33-12-14-11-30(20(31)29-14)19-27-9-15(10-28-19)32-13-16-17(22(24,25)26)7-6-8-18(16)23/h6-10,14H,11-13H2,1-5H3,(H,29,31)/t14-/m1/s1. The lowest BCUT2D eigenvalue weighted by molar-refractivity contribution is -0.138. The number of amides is 2. The Morgan fingerprint density at radius 3 is 2.44 bits per heavy atom. The van der Waals surface area contributed by atoms with Crippen LogP contribution in [0.1, 0.15) is 31.9 Å².